The highest BCUT2D eigenvalue weighted by Gasteiger charge is 2.55. The summed E-state index contributed by atoms with van der Waals surface area (Å²) in [5, 5.41) is 14.2. The van der Waals surface area contributed by atoms with Crippen LogP contribution in [0.25, 0.3) is 0 Å². The molecule has 2 atom stereocenters. The molecule has 0 spiro atoms. The number of hydrogen-bond donors (Lipinski definition) is 2. The monoisotopic (exact) mass is 455 g/mol. The molecule has 5 aliphatic rings. The summed E-state index contributed by atoms with van der Waals surface area (Å²) in [6, 6.07) is 0.146. The van der Waals surface area contributed by atoms with Gasteiger partial charge in [-0.2, -0.15) is 0 Å². The fourth-order valence-corrected chi connectivity index (χ4v) is 6.95. The molecule has 8 heteroatoms. The van der Waals surface area contributed by atoms with Crippen LogP contribution in [-0.4, -0.2) is 69.6 Å². The van der Waals surface area contributed by atoms with Gasteiger partial charge >= 0.3 is 0 Å². The molecule has 180 valence electrons. The van der Waals surface area contributed by atoms with Crippen molar-refractivity contribution in [2.24, 2.45) is 17.8 Å². The van der Waals surface area contributed by atoms with Gasteiger partial charge in [-0.3, -0.25) is 9.59 Å². The Morgan fingerprint density at radius 3 is 2.45 bits per heavy atom. The minimum absolute atomic E-state index is 0.0708. The molecule has 4 saturated carbocycles. The number of aliphatic hydroxyl groups is 1. The molecule has 1 saturated heterocycles. The minimum atomic E-state index is -0.499. The molecule has 4 aliphatic carbocycles. The predicted octanol–water partition coefficient (Wildman–Crippen LogP) is 2.16. The van der Waals surface area contributed by atoms with E-state index in [2.05, 4.69) is 22.1 Å². The SMILES string of the molecule is CCCCc1nc(N2CCN(C(C)=O)CC2)ncc1C(=O)N[C@H]1C2CC3CC1C[C@@](O)(C3)C2. The normalized spacial score (nSPS) is 32.8. The number of nitrogens with one attached hydrogen (secondary N) is 1. The van der Waals surface area contributed by atoms with Crippen LogP contribution in [0, 0.1) is 17.8 Å². The van der Waals surface area contributed by atoms with E-state index in [0.717, 1.165) is 57.1 Å². The Kier molecular flexibility index (Phi) is 6.05. The molecule has 1 aliphatic heterocycles. The Labute approximate surface area is 196 Å². The molecule has 2 unspecified atom stereocenters. The lowest BCUT2D eigenvalue weighted by Gasteiger charge is -2.58. The number of nitrogens with zero attached hydrogens (tertiary/aromatic N) is 4. The van der Waals surface area contributed by atoms with Crippen molar-refractivity contribution < 1.29 is 14.7 Å². The summed E-state index contributed by atoms with van der Waals surface area (Å²) in [6.45, 7) is 6.49. The van der Waals surface area contributed by atoms with Crippen LogP contribution in [0.4, 0.5) is 5.95 Å². The lowest BCUT2D eigenvalue weighted by Crippen LogP contribution is -2.61. The molecule has 1 aromatic rings. The summed E-state index contributed by atoms with van der Waals surface area (Å²) in [4.78, 5) is 38.4. The molecule has 2 heterocycles. The van der Waals surface area contributed by atoms with Crippen LogP contribution >= 0.6 is 0 Å². The Hall–Kier alpha value is -2.22. The summed E-state index contributed by atoms with van der Waals surface area (Å²) in [6.07, 6.45) is 9.26. The maximum atomic E-state index is 13.4. The largest absolute Gasteiger partial charge is 0.390 e. The van der Waals surface area contributed by atoms with E-state index in [1.54, 1.807) is 13.1 Å². The summed E-state index contributed by atoms with van der Waals surface area (Å²) in [7, 11) is 0. The van der Waals surface area contributed by atoms with Crippen molar-refractivity contribution in [1.29, 1.82) is 0 Å². The molecule has 0 aromatic carbocycles. The van der Waals surface area contributed by atoms with Gasteiger partial charge in [0, 0.05) is 45.3 Å². The van der Waals surface area contributed by atoms with Gasteiger partial charge in [-0.05, 0) is 62.7 Å². The zero-order chi connectivity index (χ0) is 23.2. The van der Waals surface area contributed by atoms with Gasteiger partial charge < -0.3 is 20.2 Å². The number of piperazine rings is 1. The van der Waals surface area contributed by atoms with Gasteiger partial charge in [0.25, 0.3) is 5.91 Å². The number of anilines is 1. The van der Waals surface area contributed by atoms with E-state index < -0.39 is 5.60 Å². The van der Waals surface area contributed by atoms with E-state index in [1.807, 2.05) is 4.90 Å². The smallest absolute Gasteiger partial charge is 0.254 e. The molecular formula is C25H37N5O3. The third-order valence-electron chi connectivity index (χ3n) is 8.41. The van der Waals surface area contributed by atoms with E-state index in [4.69, 9.17) is 4.98 Å². The molecule has 4 bridgehead atoms. The quantitative estimate of drug-likeness (QED) is 0.682. The average molecular weight is 456 g/mol. The second-order valence-electron chi connectivity index (χ2n) is 10.8. The van der Waals surface area contributed by atoms with E-state index in [9.17, 15) is 14.7 Å². The highest BCUT2D eigenvalue weighted by atomic mass is 16.3. The van der Waals surface area contributed by atoms with Gasteiger partial charge in [-0.25, -0.2) is 9.97 Å². The molecule has 6 rings (SSSR count). The second-order valence-corrected chi connectivity index (χ2v) is 10.8. The standard InChI is InChI=1S/C25H37N5O3/c1-3-4-5-21-20(15-26-24(27-21)30-8-6-29(7-9-30)16(2)31)23(32)28-22-18-10-17-11-19(22)14-25(33,12-17)13-18/h15,17-19,22,33H,3-14H2,1-2H3,(H,28,32)/t17?,18?,19?,22-,25+. The minimum Gasteiger partial charge on any atom is -0.390 e. The Morgan fingerprint density at radius 1 is 1.15 bits per heavy atom. The van der Waals surface area contributed by atoms with Crippen LogP contribution in [0.5, 0.6) is 0 Å². The number of amides is 2. The van der Waals surface area contributed by atoms with Gasteiger partial charge in [0.15, 0.2) is 0 Å². The van der Waals surface area contributed by atoms with Crippen molar-refractivity contribution in [3.63, 3.8) is 0 Å². The van der Waals surface area contributed by atoms with Gasteiger partial charge in [0.05, 0.1) is 16.9 Å². The number of unbranched alkanes of at least 4 members (excludes halogenated alkanes) is 1. The van der Waals surface area contributed by atoms with Crippen LogP contribution in [0.2, 0.25) is 0 Å². The Morgan fingerprint density at radius 2 is 1.85 bits per heavy atom. The number of carbonyl (C=O) groups is 2. The first-order valence-corrected chi connectivity index (χ1v) is 12.7. The third-order valence-corrected chi connectivity index (χ3v) is 8.41. The first-order valence-electron chi connectivity index (χ1n) is 12.7. The summed E-state index contributed by atoms with van der Waals surface area (Å²) in [5.74, 6) is 2.05. The number of carbonyl (C=O) groups excluding carboxylic acids is 2. The van der Waals surface area contributed by atoms with Gasteiger partial charge in [0.1, 0.15) is 0 Å². The van der Waals surface area contributed by atoms with Crippen LogP contribution in [0.3, 0.4) is 0 Å². The van der Waals surface area contributed by atoms with E-state index >= 15 is 0 Å². The molecule has 2 amide bonds. The van der Waals surface area contributed by atoms with Gasteiger partial charge in [0.2, 0.25) is 11.9 Å². The summed E-state index contributed by atoms with van der Waals surface area (Å²) < 4.78 is 0. The summed E-state index contributed by atoms with van der Waals surface area (Å²) >= 11 is 0. The molecule has 5 fully saturated rings. The fraction of sp³-hybridized carbons (Fsp3) is 0.760. The van der Waals surface area contributed by atoms with Gasteiger partial charge in [-0.15, -0.1) is 0 Å². The van der Waals surface area contributed by atoms with E-state index in [0.29, 0.717) is 55.4 Å². The average Bonchev–Trinajstić information content (AvgIpc) is 2.78. The maximum Gasteiger partial charge on any atom is 0.254 e. The molecule has 1 aromatic heterocycles. The number of rotatable bonds is 6. The zero-order valence-electron chi connectivity index (χ0n) is 19.9. The van der Waals surface area contributed by atoms with E-state index in [-0.39, 0.29) is 17.9 Å². The number of hydrogen-bond acceptors (Lipinski definition) is 6. The first-order chi connectivity index (χ1) is 15.8. The maximum absolute atomic E-state index is 13.4. The van der Waals surface area contributed by atoms with Crippen molar-refractivity contribution in [2.75, 3.05) is 31.1 Å². The van der Waals surface area contributed by atoms with Crippen molar-refractivity contribution >= 4 is 17.8 Å². The van der Waals surface area contributed by atoms with Crippen molar-refractivity contribution in [3.05, 3.63) is 17.5 Å². The molecular weight excluding hydrogens is 418 g/mol. The first kappa shape index (κ1) is 22.6. The second kappa shape index (κ2) is 8.85. The van der Waals surface area contributed by atoms with Crippen LogP contribution in [0.15, 0.2) is 6.20 Å². The van der Waals surface area contributed by atoms with Crippen LogP contribution in [-0.2, 0) is 11.2 Å². The van der Waals surface area contributed by atoms with Crippen LogP contribution < -0.4 is 10.2 Å². The topological polar surface area (TPSA) is 98.7 Å². The van der Waals surface area contributed by atoms with Crippen molar-refractivity contribution in [2.45, 2.75) is 76.9 Å². The summed E-state index contributed by atoms with van der Waals surface area (Å²) in [5.41, 5.74) is 0.902. The number of aryl methyl sites for hydroxylation is 1. The van der Waals surface area contributed by atoms with Crippen LogP contribution in [0.1, 0.15) is 74.8 Å². The lowest BCUT2D eigenvalue weighted by atomic mass is 9.52. The zero-order valence-corrected chi connectivity index (χ0v) is 19.9. The molecule has 2 N–H and O–H groups in total. The Balaban J connectivity index is 1.31. The number of aromatic nitrogens is 2. The van der Waals surface area contributed by atoms with Crippen molar-refractivity contribution in [3.8, 4) is 0 Å². The third kappa shape index (κ3) is 4.46. The molecule has 33 heavy (non-hydrogen) atoms. The lowest BCUT2D eigenvalue weighted by molar-refractivity contribution is -0.137. The molecule has 0 radical (unpaired) electrons. The van der Waals surface area contributed by atoms with Crippen molar-refractivity contribution in [1.82, 2.24) is 20.2 Å². The Bertz CT molecular complexity index is 897. The van der Waals surface area contributed by atoms with Gasteiger partial charge in [-0.1, -0.05) is 13.3 Å². The predicted molar refractivity (Wildman–Crippen MR) is 125 cm³/mol. The highest BCUT2D eigenvalue weighted by Crippen LogP contribution is 2.55. The highest BCUT2D eigenvalue weighted by molar-refractivity contribution is 5.95. The fourth-order valence-electron chi connectivity index (χ4n) is 6.95. The van der Waals surface area contributed by atoms with E-state index in [1.165, 1.54) is 0 Å². The molecule has 8 nitrogen and oxygen atoms in total.